The van der Waals surface area contributed by atoms with Crippen LogP contribution in [0.2, 0.25) is 0 Å². The summed E-state index contributed by atoms with van der Waals surface area (Å²) in [4.78, 5) is 54.2. The first-order valence-electron chi connectivity index (χ1n) is 13.2. The van der Waals surface area contributed by atoms with Gasteiger partial charge in [-0.25, -0.2) is 0 Å². The van der Waals surface area contributed by atoms with E-state index in [2.05, 4.69) is 17.3 Å². The third-order valence-electron chi connectivity index (χ3n) is 7.36. The molecule has 216 valence electrons. The summed E-state index contributed by atoms with van der Waals surface area (Å²) in [5.74, 6) is -2.45. The van der Waals surface area contributed by atoms with Gasteiger partial charge in [0.2, 0.25) is 0 Å². The van der Waals surface area contributed by atoms with Gasteiger partial charge >= 0.3 is 11.9 Å². The standard InChI is InChI=1S/C8H13NO.C7H11NO.C6H12O3.C5H6O5/c1-9-6-2-3-7(9)5-8(10)4-6;9-7-3-5-1-2-6(4-7)8-5;1-7-5-3-4-6(8-2)9-5;6-3(1-4(7)8)2-5(9)10/h6-7H,2-5H2,1H3;5-6,8H,1-4H2;5-6H,3-4H2,1-2H3;1-2H2,(H,7,8)(H,9,10). The molecule has 5 aliphatic rings. The number of hydrogen-bond acceptors (Lipinski definition) is 10. The number of carboxylic acid groups (broad SMARTS) is 2. The maximum Gasteiger partial charge on any atom is 0.310 e. The number of hydrogen-bond donors (Lipinski definition) is 3. The first-order valence-corrected chi connectivity index (χ1v) is 13.2. The van der Waals surface area contributed by atoms with Gasteiger partial charge in [-0.2, -0.15) is 0 Å². The van der Waals surface area contributed by atoms with Gasteiger partial charge in [0.05, 0.1) is 0 Å². The zero-order valence-electron chi connectivity index (χ0n) is 22.6. The highest BCUT2D eigenvalue weighted by Gasteiger charge is 2.37. The maximum atomic E-state index is 11.0. The predicted molar refractivity (Wildman–Crippen MR) is 134 cm³/mol. The van der Waals surface area contributed by atoms with Crippen molar-refractivity contribution >= 4 is 29.3 Å². The van der Waals surface area contributed by atoms with Crippen LogP contribution in [0.25, 0.3) is 0 Å². The number of carbonyl (C=O) groups is 5. The zero-order chi connectivity index (χ0) is 28.2. The van der Waals surface area contributed by atoms with E-state index >= 15 is 0 Å². The molecule has 0 radical (unpaired) electrons. The van der Waals surface area contributed by atoms with E-state index in [1.165, 1.54) is 25.7 Å². The maximum absolute atomic E-state index is 11.0. The second kappa shape index (κ2) is 16.0. The fraction of sp³-hybridized carbons (Fsp3) is 0.808. The summed E-state index contributed by atoms with van der Waals surface area (Å²) in [6.07, 6.45) is 8.48. The molecule has 6 unspecified atom stereocenters. The molecule has 0 aromatic heterocycles. The van der Waals surface area contributed by atoms with Crippen LogP contribution in [0.15, 0.2) is 0 Å². The minimum atomic E-state index is -1.30. The Hall–Kier alpha value is -2.25. The number of Topliss-reactive ketones (excluding diaryl/α,β-unsaturated/α-hetero) is 3. The Morgan fingerprint density at radius 3 is 1.58 bits per heavy atom. The molecule has 0 aromatic rings. The number of carbonyl (C=O) groups excluding carboxylic acids is 3. The molecule has 5 saturated heterocycles. The molecule has 6 atom stereocenters. The van der Waals surface area contributed by atoms with E-state index in [4.69, 9.17) is 24.4 Å². The highest BCUT2D eigenvalue weighted by Crippen LogP contribution is 2.31. The van der Waals surface area contributed by atoms with Crippen molar-refractivity contribution in [3.05, 3.63) is 0 Å². The monoisotopic (exact) mass is 542 g/mol. The molecular formula is C26H42N2O10. The molecule has 12 nitrogen and oxygen atoms in total. The molecular weight excluding hydrogens is 500 g/mol. The van der Waals surface area contributed by atoms with Crippen molar-refractivity contribution in [3.63, 3.8) is 0 Å². The van der Waals surface area contributed by atoms with Crippen molar-refractivity contribution in [3.8, 4) is 0 Å². The van der Waals surface area contributed by atoms with Crippen LogP contribution in [0.4, 0.5) is 0 Å². The lowest BCUT2D eigenvalue weighted by atomic mass is 10.0. The summed E-state index contributed by atoms with van der Waals surface area (Å²) < 4.78 is 15.1. The average Bonchev–Trinajstić information content (AvgIpc) is 3.50. The van der Waals surface area contributed by atoms with Gasteiger partial charge in [-0.05, 0) is 32.7 Å². The predicted octanol–water partition coefficient (Wildman–Crippen LogP) is 1.53. The number of fused-ring (bicyclic) bond motifs is 4. The molecule has 0 aliphatic carbocycles. The van der Waals surface area contributed by atoms with Crippen molar-refractivity contribution < 1.29 is 48.4 Å². The Bertz CT molecular complexity index is 777. The number of piperidine rings is 2. The number of nitrogens with zero attached hydrogens (tertiary/aromatic N) is 1. The van der Waals surface area contributed by atoms with Crippen LogP contribution in [-0.4, -0.2) is 102 Å². The molecule has 5 fully saturated rings. The summed E-state index contributed by atoms with van der Waals surface area (Å²) in [5.41, 5.74) is 0. The van der Waals surface area contributed by atoms with Crippen molar-refractivity contribution in [1.29, 1.82) is 0 Å². The molecule has 5 rings (SSSR count). The molecule has 5 heterocycles. The van der Waals surface area contributed by atoms with Crippen LogP contribution < -0.4 is 5.32 Å². The number of carboxylic acids is 2. The summed E-state index contributed by atoms with van der Waals surface area (Å²) in [6, 6.07) is 2.25. The topological polar surface area (TPSA) is 169 Å². The fourth-order valence-corrected chi connectivity index (χ4v) is 5.37. The van der Waals surface area contributed by atoms with E-state index in [1.807, 2.05) is 0 Å². The van der Waals surface area contributed by atoms with E-state index in [1.54, 1.807) is 14.2 Å². The number of rotatable bonds is 6. The Labute approximate surface area is 223 Å². The molecule has 0 amide bonds. The number of nitrogens with one attached hydrogen (secondary N) is 1. The third-order valence-corrected chi connectivity index (χ3v) is 7.36. The summed E-state index contributed by atoms with van der Waals surface area (Å²) in [7, 11) is 5.43. The van der Waals surface area contributed by atoms with E-state index < -0.39 is 30.6 Å². The minimum absolute atomic E-state index is 0.0463. The molecule has 4 bridgehead atoms. The first-order chi connectivity index (χ1) is 18.0. The van der Waals surface area contributed by atoms with Gasteiger partial charge in [0.1, 0.15) is 24.4 Å². The lowest BCUT2D eigenvalue weighted by molar-refractivity contribution is -0.185. The van der Waals surface area contributed by atoms with Crippen LogP contribution in [0.3, 0.4) is 0 Å². The SMILES string of the molecule is CN1C2CCC1CC(=O)C2.COC1CCC(OC)O1.O=C(O)CC(=O)CC(=O)O.O=C1CC2CCC(C1)N2. The molecule has 0 aromatic carbocycles. The smallest absolute Gasteiger partial charge is 0.310 e. The zero-order valence-corrected chi connectivity index (χ0v) is 22.6. The van der Waals surface area contributed by atoms with E-state index in [0.29, 0.717) is 35.7 Å². The summed E-state index contributed by atoms with van der Waals surface area (Å²) in [6.45, 7) is 0. The normalized spacial score (nSPS) is 31.2. The van der Waals surface area contributed by atoms with E-state index in [9.17, 15) is 24.0 Å². The van der Waals surface area contributed by atoms with Gasteiger partial charge in [-0.3, -0.25) is 28.9 Å². The molecule has 12 heteroatoms. The van der Waals surface area contributed by atoms with Crippen molar-refractivity contribution in [1.82, 2.24) is 10.2 Å². The van der Waals surface area contributed by atoms with Crippen LogP contribution in [0.5, 0.6) is 0 Å². The number of ether oxygens (including phenoxy) is 3. The van der Waals surface area contributed by atoms with Gasteiger partial charge in [-0.1, -0.05) is 0 Å². The highest BCUT2D eigenvalue weighted by molar-refractivity contribution is 6.02. The second-order valence-electron chi connectivity index (χ2n) is 10.3. The quantitative estimate of drug-likeness (QED) is 0.414. The van der Waals surface area contributed by atoms with Crippen molar-refractivity contribution in [2.24, 2.45) is 0 Å². The number of methoxy groups -OCH3 is 2. The molecule has 0 saturated carbocycles. The lowest BCUT2D eigenvalue weighted by Crippen LogP contribution is -2.39. The summed E-state index contributed by atoms with van der Waals surface area (Å²) >= 11 is 0. The Balaban J connectivity index is 0.000000178. The van der Waals surface area contributed by atoms with Crippen molar-refractivity contribution in [2.45, 2.75) is 114 Å². The average molecular weight is 543 g/mol. The number of ketones is 3. The van der Waals surface area contributed by atoms with Gasteiger partial charge < -0.3 is 29.7 Å². The van der Waals surface area contributed by atoms with Crippen molar-refractivity contribution in [2.75, 3.05) is 21.3 Å². The minimum Gasteiger partial charge on any atom is -0.481 e. The molecule has 3 N–H and O–H groups in total. The Morgan fingerprint density at radius 2 is 1.21 bits per heavy atom. The van der Waals surface area contributed by atoms with Gasteiger partial charge in [0.15, 0.2) is 18.4 Å². The number of aliphatic carboxylic acids is 2. The highest BCUT2D eigenvalue weighted by atomic mass is 16.8. The van der Waals surface area contributed by atoms with Gasteiger partial charge in [0, 0.05) is 76.9 Å². The van der Waals surface area contributed by atoms with Crippen LogP contribution in [0, 0.1) is 0 Å². The molecule has 0 spiro atoms. The Kier molecular flexibility index (Phi) is 13.5. The molecule has 38 heavy (non-hydrogen) atoms. The largest absolute Gasteiger partial charge is 0.481 e. The van der Waals surface area contributed by atoms with Crippen LogP contribution >= 0.6 is 0 Å². The lowest BCUT2D eigenvalue weighted by Gasteiger charge is -2.29. The van der Waals surface area contributed by atoms with Gasteiger partial charge in [0.25, 0.3) is 0 Å². The van der Waals surface area contributed by atoms with Gasteiger partial charge in [-0.15, -0.1) is 0 Å². The summed E-state index contributed by atoms with van der Waals surface area (Å²) in [5, 5.41) is 19.4. The molecule has 5 aliphatic heterocycles. The van der Waals surface area contributed by atoms with Crippen LogP contribution in [-0.2, 0) is 38.2 Å². The Morgan fingerprint density at radius 1 is 0.789 bits per heavy atom. The first kappa shape index (κ1) is 32.0. The second-order valence-corrected chi connectivity index (χ2v) is 10.3. The van der Waals surface area contributed by atoms with E-state index in [0.717, 1.165) is 38.5 Å². The third kappa shape index (κ3) is 11.2. The van der Waals surface area contributed by atoms with E-state index in [-0.39, 0.29) is 12.6 Å². The fourth-order valence-electron chi connectivity index (χ4n) is 5.37. The van der Waals surface area contributed by atoms with Crippen LogP contribution in [0.1, 0.15) is 77.0 Å².